The quantitative estimate of drug-likeness (QED) is 0.116. The largest absolute Gasteiger partial charge is 2.00 e. The fraction of sp³-hybridized carbons (Fsp3) is 1.00. The zero-order chi connectivity index (χ0) is 23.1. The molecule has 2 N–H and O–H groups in total. The molecular weight excluding hydrogens is 661 g/mol. The molecule has 10 heteroatoms. The van der Waals surface area contributed by atoms with Crippen LogP contribution in [0.3, 0.4) is 0 Å². The van der Waals surface area contributed by atoms with E-state index >= 15 is 0 Å². The monoisotopic (exact) mass is 716 g/mol. The Balaban J connectivity index is -0.000000605. The van der Waals surface area contributed by atoms with Gasteiger partial charge in [0, 0.05) is 11.1 Å². The Kier molecular flexibility index (Phi) is 38.1. The fourth-order valence-electron chi connectivity index (χ4n) is 7.05. The average molecular weight is 720 g/mol. The molecule has 2 aliphatic carbocycles. The van der Waals surface area contributed by atoms with E-state index in [0.29, 0.717) is 11.1 Å². The van der Waals surface area contributed by atoms with Gasteiger partial charge in [-0.25, -0.2) is 0 Å². The van der Waals surface area contributed by atoms with Crippen LogP contribution in [0.25, 0.3) is 0 Å². The van der Waals surface area contributed by atoms with Crippen molar-refractivity contribution in [1.29, 1.82) is 0 Å². The molecule has 2 aliphatic rings. The Morgan fingerprint density at radius 2 is 0.763 bits per heavy atom. The van der Waals surface area contributed by atoms with E-state index < -0.39 is 0 Å². The molecule has 0 spiro atoms. The summed E-state index contributed by atoms with van der Waals surface area (Å²) in [4.78, 5) is 5.52. The maximum absolute atomic E-state index is 3.78. The van der Waals surface area contributed by atoms with E-state index in [0.717, 1.165) is 0 Å². The van der Waals surface area contributed by atoms with Gasteiger partial charge in [0.25, 0.3) is 0 Å². The minimum absolute atomic E-state index is 0. The second-order valence-electron chi connectivity index (χ2n) is 10.6. The third-order valence-corrected chi connectivity index (χ3v) is 8.93. The molecule has 0 heterocycles. The molecule has 0 amide bonds. The van der Waals surface area contributed by atoms with Gasteiger partial charge < -0.3 is 60.3 Å². The number of halogens is 4. The van der Waals surface area contributed by atoms with Crippen molar-refractivity contribution in [2.75, 3.05) is 52.4 Å². The van der Waals surface area contributed by atoms with Crippen LogP contribution in [0.1, 0.15) is 118 Å². The van der Waals surface area contributed by atoms with Crippen LogP contribution in [0.15, 0.2) is 0 Å². The van der Waals surface area contributed by atoms with E-state index in [1.54, 1.807) is 0 Å². The summed E-state index contributed by atoms with van der Waals surface area (Å²) in [5.74, 6) is 0. The van der Waals surface area contributed by atoms with Crippen molar-refractivity contribution in [3.8, 4) is 0 Å². The van der Waals surface area contributed by atoms with Crippen LogP contribution in [0, 0.1) is 0 Å². The third kappa shape index (κ3) is 16.0. The molecule has 0 atom stereocenters. The molecule has 240 valence electrons. The van der Waals surface area contributed by atoms with Crippen LogP contribution in [0.4, 0.5) is 0 Å². The predicted molar refractivity (Wildman–Crippen MR) is 142 cm³/mol. The van der Waals surface area contributed by atoms with Crippen LogP contribution in [0.5, 0.6) is 0 Å². The number of rotatable bonds is 17. The van der Waals surface area contributed by atoms with Gasteiger partial charge in [0.2, 0.25) is 0 Å². The van der Waals surface area contributed by atoms with Crippen molar-refractivity contribution in [3.05, 3.63) is 0 Å². The summed E-state index contributed by atoms with van der Waals surface area (Å²) in [5.41, 5.74) is 0.965. The molecule has 2 saturated carbocycles. The molecule has 2 radical (unpaired) electrons. The Morgan fingerprint density at radius 3 is 1.03 bits per heavy atom. The van der Waals surface area contributed by atoms with Gasteiger partial charge in [-0.15, -0.1) is 0 Å². The maximum atomic E-state index is 3.78. The van der Waals surface area contributed by atoms with Crippen LogP contribution in [0.2, 0.25) is 0 Å². The van der Waals surface area contributed by atoms with Crippen LogP contribution >= 0.6 is 0 Å². The summed E-state index contributed by atoms with van der Waals surface area (Å²) in [7, 11) is 0. The van der Waals surface area contributed by atoms with Gasteiger partial charge in [-0.05, 0) is 104 Å². The van der Waals surface area contributed by atoms with Crippen molar-refractivity contribution in [3.63, 3.8) is 0 Å². The first-order chi connectivity index (χ1) is 15.7. The van der Waals surface area contributed by atoms with E-state index in [1.165, 1.54) is 142 Å². The van der Waals surface area contributed by atoms with E-state index in [-0.39, 0.29) is 83.8 Å². The first kappa shape index (κ1) is 49.7. The summed E-state index contributed by atoms with van der Waals surface area (Å²) in [6, 6.07) is 0. The summed E-state index contributed by atoms with van der Waals surface area (Å²) >= 11 is 0. The summed E-state index contributed by atoms with van der Waals surface area (Å²) < 4.78 is 0. The van der Waals surface area contributed by atoms with Gasteiger partial charge in [-0.1, -0.05) is 66.2 Å². The van der Waals surface area contributed by atoms with Crippen LogP contribution in [-0.2, 0) is 34.1 Å². The number of nitrogens with zero attached hydrogens (tertiary/aromatic N) is 2. The molecule has 2 rings (SSSR count). The molecule has 0 unspecified atom stereocenters. The minimum Gasteiger partial charge on any atom is -1.00 e. The SMILES string of the molecule is CCN(CC)C1(CCNCCCCNCCC2(N(CC)CC)CCCCC2)CCCCC1.[Cl-].[Cl-].[Cl-].[Cl-].[Cu+2].[Cu+2]. The van der Waals surface area contributed by atoms with Gasteiger partial charge in [-0.2, -0.15) is 0 Å². The van der Waals surface area contributed by atoms with E-state index in [4.69, 9.17) is 0 Å². The fourth-order valence-corrected chi connectivity index (χ4v) is 7.05. The predicted octanol–water partition coefficient (Wildman–Crippen LogP) is -6.17. The molecule has 2 fully saturated rings. The van der Waals surface area contributed by atoms with Gasteiger partial charge in [-0.3, -0.25) is 9.80 Å². The molecule has 0 aliphatic heterocycles. The van der Waals surface area contributed by atoms with Crippen molar-refractivity contribution in [2.24, 2.45) is 0 Å². The molecule has 38 heavy (non-hydrogen) atoms. The van der Waals surface area contributed by atoms with Crippen LogP contribution in [-0.4, -0.2) is 73.2 Å². The maximum Gasteiger partial charge on any atom is 2.00 e. The van der Waals surface area contributed by atoms with Crippen molar-refractivity contribution in [2.45, 2.75) is 129 Å². The Bertz CT molecular complexity index is 434. The Morgan fingerprint density at radius 1 is 0.474 bits per heavy atom. The van der Waals surface area contributed by atoms with Crippen LogP contribution < -0.4 is 60.3 Å². The van der Waals surface area contributed by atoms with E-state index in [9.17, 15) is 0 Å². The topological polar surface area (TPSA) is 30.5 Å². The van der Waals surface area contributed by atoms with Crippen molar-refractivity contribution < 1.29 is 83.8 Å². The molecule has 0 aromatic carbocycles. The standard InChI is InChI=1S/C28H58N4.4ClH.2Cu/c1-5-31(6-2)27(17-11-9-12-18-27)21-25-29-23-15-16-24-30-26-22-28(32(7-3)8-4)19-13-10-14-20-28;;;;;;/h29-30H,5-26H2,1-4H3;4*1H;;/q;;;;;2*+2/p-4. The molecule has 0 aromatic heterocycles. The number of unbranched alkanes of at least 4 members (excludes halogenated alkanes) is 1. The zero-order valence-electron chi connectivity index (χ0n) is 24.6. The smallest absolute Gasteiger partial charge is 1.00 e. The third-order valence-electron chi connectivity index (χ3n) is 8.93. The molecule has 4 nitrogen and oxygen atoms in total. The number of nitrogens with one attached hydrogen (secondary N) is 2. The molecular formula is C28H58Cl4Cu2N4. The Labute approximate surface area is 283 Å². The second kappa shape index (κ2) is 29.1. The summed E-state index contributed by atoms with van der Waals surface area (Å²) in [6.45, 7) is 18.9. The van der Waals surface area contributed by atoms with Gasteiger partial charge in [0.05, 0.1) is 0 Å². The number of hydrogen-bond donors (Lipinski definition) is 2. The van der Waals surface area contributed by atoms with Crippen molar-refractivity contribution >= 4 is 0 Å². The molecule has 0 saturated heterocycles. The molecule has 0 aromatic rings. The Hall–Kier alpha value is 2.04. The summed E-state index contributed by atoms with van der Waals surface area (Å²) in [6.07, 6.45) is 19.5. The normalized spacial score (nSPS) is 17.5. The van der Waals surface area contributed by atoms with Crippen molar-refractivity contribution in [1.82, 2.24) is 20.4 Å². The van der Waals surface area contributed by atoms with E-state index in [1.807, 2.05) is 0 Å². The first-order valence-corrected chi connectivity index (χ1v) is 14.6. The van der Waals surface area contributed by atoms with Gasteiger partial charge in [0.15, 0.2) is 0 Å². The first-order valence-electron chi connectivity index (χ1n) is 14.6. The second-order valence-corrected chi connectivity index (χ2v) is 10.6. The summed E-state index contributed by atoms with van der Waals surface area (Å²) in [5, 5.41) is 7.56. The molecule has 0 bridgehead atoms. The van der Waals surface area contributed by atoms with Gasteiger partial charge in [0.1, 0.15) is 0 Å². The average Bonchev–Trinajstić information content (AvgIpc) is 2.83. The number of hydrogen-bond acceptors (Lipinski definition) is 4. The minimum atomic E-state index is 0. The van der Waals surface area contributed by atoms with Gasteiger partial charge >= 0.3 is 34.1 Å². The van der Waals surface area contributed by atoms with E-state index in [2.05, 4.69) is 48.1 Å². The zero-order valence-corrected chi connectivity index (χ0v) is 29.5.